The highest BCUT2D eigenvalue weighted by atomic mass is 15.0. The van der Waals surface area contributed by atoms with Gasteiger partial charge in [-0.05, 0) is 24.3 Å². The number of fused-ring (bicyclic) bond motifs is 8. The predicted molar refractivity (Wildman–Crippen MR) is 170 cm³/mol. The standard InChI is InChI=1S/C38H20N4/c39-21-23-9-1-3-11-25(23)27-13-5-15-29-31-17-7-20-34-37(31)41(35(27)29)33-19-8-18-32-30-16-6-14-28(36(30)42(34)38(32)33)26-12-4-2-10-24(26)22-40/h1-20H. The van der Waals surface area contributed by atoms with Crippen LogP contribution in [-0.4, -0.2) is 8.80 Å². The Morgan fingerprint density at radius 1 is 0.357 bits per heavy atom. The van der Waals surface area contributed by atoms with Crippen LogP contribution in [0.3, 0.4) is 0 Å². The van der Waals surface area contributed by atoms with Crippen molar-refractivity contribution in [3.63, 3.8) is 0 Å². The molecule has 0 saturated heterocycles. The Morgan fingerprint density at radius 3 is 1.14 bits per heavy atom. The molecule has 0 radical (unpaired) electrons. The Hall–Kier alpha value is -6.10. The van der Waals surface area contributed by atoms with Crippen molar-refractivity contribution in [3.05, 3.63) is 132 Å². The van der Waals surface area contributed by atoms with E-state index >= 15 is 0 Å². The second kappa shape index (κ2) is 8.21. The van der Waals surface area contributed by atoms with E-state index in [1.54, 1.807) is 0 Å². The van der Waals surface area contributed by atoms with Gasteiger partial charge in [-0.25, -0.2) is 0 Å². The first-order chi connectivity index (χ1) is 20.8. The van der Waals surface area contributed by atoms with Crippen LogP contribution in [0.2, 0.25) is 0 Å². The molecule has 0 aliphatic rings. The number of aromatic nitrogens is 2. The van der Waals surface area contributed by atoms with Crippen LogP contribution in [-0.2, 0) is 0 Å². The lowest BCUT2D eigenvalue weighted by atomic mass is 9.97. The van der Waals surface area contributed by atoms with Crippen molar-refractivity contribution in [3.8, 4) is 34.4 Å². The molecule has 0 aliphatic carbocycles. The summed E-state index contributed by atoms with van der Waals surface area (Å²) in [4.78, 5) is 0. The summed E-state index contributed by atoms with van der Waals surface area (Å²) in [5.74, 6) is 0. The van der Waals surface area contributed by atoms with Crippen LogP contribution in [0.4, 0.5) is 0 Å². The van der Waals surface area contributed by atoms with Crippen LogP contribution in [0.25, 0.3) is 76.9 Å². The van der Waals surface area contributed by atoms with Gasteiger partial charge in [-0.1, -0.05) is 97.1 Å². The van der Waals surface area contributed by atoms with Gasteiger partial charge in [0, 0.05) is 43.8 Å². The summed E-state index contributed by atoms with van der Waals surface area (Å²) in [6.07, 6.45) is 0. The summed E-state index contributed by atoms with van der Waals surface area (Å²) in [6.45, 7) is 0. The summed E-state index contributed by atoms with van der Waals surface area (Å²) in [5, 5.41) is 24.6. The van der Waals surface area contributed by atoms with Crippen molar-refractivity contribution in [2.24, 2.45) is 0 Å². The number of nitriles is 2. The fourth-order valence-corrected chi connectivity index (χ4v) is 7.10. The lowest BCUT2D eigenvalue weighted by molar-refractivity contribution is 1.26. The van der Waals surface area contributed by atoms with E-state index in [1.165, 1.54) is 0 Å². The van der Waals surface area contributed by atoms with Gasteiger partial charge in [0.05, 0.1) is 56.4 Å². The Kier molecular flexibility index (Phi) is 4.43. The number of para-hydroxylation sites is 4. The molecule has 4 heteroatoms. The van der Waals surface area contributed by atoms with Crippen molar-refractivity contribution in [1.82, 2.24) is 8.80 Å². The number of rotatable bonds is 2. The number of hydrogen-bond acceptors (Lipinski definition) is 2. The van der Waals surface area contributed by atoms with Crippen LogP contribution >= 0.6 is 0 Å². The lowest BCUT2D eigenvalue weighted by Crippen LogP contribution is -1.98. The molecule has 4 nitrogen and oxygen atoms in total. The van der Waals surface area contributed by atoms with E-state index in [0.29, 0.717) is 11.1 Å². The zero-order valence-electron chi connectivity index (χ0n) is 22.3. The highest BCUT2D eigenvalue weighted by molar-refractivity contribution is 6.24. The minimum Gasteiger partial charge on any atom is -0.304 e. The van der Waals surface area contributed by atoms with Gasteiger partial charge in [0.25, 0.3) is 0 Å². The minimum absolute atomic E-state index is 0.659. The van der Waals surface area contributed by atoms with E-state index < -0.39 is 0 Å². The highest BCUT2D eigenvalue weighted by Crippen LogP contribution is 2.45. The van der Waals surface area contributed by atoms with Crippen molar-refractivity contribution in [2.45, 2.75) is 0 Å². The Bertz CT molecular complexity index is 2470. The van der Waals surface area contributed by atoms with Gasteiger partial charge in [0.1, 0.15) is 0 Å². The third-order valence-electron chi connectivity index (χ3n) is 8.73. The average molecular weight is 533 g/mol. The second-order valence-electron chi connectivity index (χ2n) is 10.7. The average Bonchev–Trinajstić information content (AvgIpc) is 3.58. The maximum atomic E-state index is 9.98. The largest absolute Gasteiger partial charge is 0.304 e. The summed E-state index contributed by atoms with van der Waals surface area (Å²) in [5.41, 5.74) is 11.9. The van der Waals surface area contributed by atoms with Crippen LogP contribution < -0.4 is 0 Å². The van der Waals surface area contributed by atoms with Gasteiger partial charge in [-0.3, -0.25) is 0 Å². The van der Waals surface area contributed by atoms with E-state index in [-0.39, 0.29) is 0 Å². The van der Waals surface area contributed by atoms with E-state index in [2.05, 4.69) is 93.7 Å². The van der Waals surface area contributed by atoms with E-state index in [1.807, 2.05) is 48.5 Å². The Balaban J connectivity index is 1.57. The zero-order valence-corrected chi connectivity index (χ0v) is 22.3. The molecule has 0 fully saturated rings. The van der Waals surface area contributed by atoms with E-state index in [9.17, 15) is 10.5 Å². The molecule has 0 N–H and O–H groups in total. The molecule has 9 rings (SSSR count). The normalized spacial score (nSPS) is 11.8. The van der Waals surface area contributed by atoms with Crippen LogP contribution in [0.15, 0.2) is 121 Å². The maximum absolute atomic E-state index is 9.98. The fourth-order valence-electron chi connectivity index (χ4n) is 7.10. The third kappa shape index (κ3) is 2.73. The van der Waals surface area contributed by atoms with Gasteiger partial charge in [0.15, 0.2) is 0 Å². The molecule has 192 valence electrons. The molecule has 42 heavy (non-hydrogen) atoms. The summed E-state index contributed by atoms with van der Waals surface area (Å²) in [6, 6.07) is 46.3. The first-order valence-corrected chi connectivity index (χ1v) is 13.9. The van der Waals surface area contributed by atoms with E-state index in [0.717, 1.165) is 76.9 Å². The molecule has 0 amide bonds. The van der Waals surface area contributed by atoms with Gasteiger partial charge in [-0.2, -0.15) is 10.5 Å². The Morgan fingerprint density at radius 2 is 0.714 bits per heavy atom. The van der Waals surface area contributed by atoms with Crippen molar-refractivity contribution in [1.29, 1.82) is 10.5 Å². The summed E-state index contributed by atoms with van der Waals surface area (Å²) in [7, 11) is 0. The molecular formula is C38H20N4. The highest BCUT2D eigenvalue weighted by Gasteiger charge is 2.24. The maximum Gasteiger partial charge on any atom is 0.0998 e. The molecule has 0 spiro atoms. The van der Waals surface area contributed by atoms with Gasteiger partial charge >= 0.3 is 0 Å². The molecule has 6 aromatic carbocycles. The summed E-state index contributed by atoms with van der Waals surface area (Å²) >= 11 is 0. The quantitative estimate of drug-likeness (QED) is 0.208. The second-order valence-corrected chi connectivity index (χ2v) is 10.7. The first kappa shape index (κ1) is 22.7. The third-order valence-corrected chi connectivity index (χ3v) is 8.73. The van der Waals surface area contributed by atoms with Crippen LogP contribution in [0.1, 0.15) is 11.1 Å². The first-order valence-electron chi connectivity index (χ1n) is 13.9. The van der Waals surface area contributed by atoms with Crippen LogP contribution in [0, 0.1) is 22.7 Å². The molecule has 0 unspecified atom stereocenters. The SMILES string of the molecule is N#Cc1ccccc1-c1cccc2c3cccc4c3n(c3cccc5c6cccc(-c7ccccc7C#N)c6n4c53)c12. The van der Waals surface area contributed by atoms with Gasteiger partial charge in [-0.15, -0.1) is 0 Å². The lowest BCUT2D eigenvalue weighted by Gasteiger charge is -2.14. The van der Waals surface area contributed by atoms with Crippen molar-refractivity contribution < 1.29 is 0 Å². The molecule has 9 aromatic rings. The van der Waals surface area contributed by atoms with Crippen LogP contribution in [0.5, 0.6) is 0 Å². The number of benzene rings is 6. The van der Waals surface area contributed by atoms with Gasteiger partial charge < -0.3 is 8.80 Å². The molecule has 3 aromatic heterocycles. The Labute approximate surface area is 240 Å². The predicted octanol–water partition coefficient (Wildman–Crippen LogP) is 9.32. The minimum atomic E-state index is 0.659. The van der Waals surface area contributed by atoms with Gasteiger partial charge in [0.2, 0.25) is 0 Å². The fraction of sp³-hybridized carbons (Fsp3) is 0. The monoisotopic (exact) mass is 532 g/mol. The smallest absolute Gasteiger partial charge is 0.0998 e. The molecule has 0 atom stereocenters. The van der Waals surface area contributed by atoms with Crippen molar-refractivity contribution in [2.75, 3.05) is 0 Å². The van der Waals surface area contributed by atoms with E-state index in [4.69, 9.17) is 0 Å². The zero-order chi connectivity index (χ0) is 27.9. The number of hydrogen-bond donors (Lipinski definition) is 0. The van der Waals surface area contributed by atoms with Crippen molar-refractivity contribution >= 4 is 54.6 Å². The molecule has 0 bridgehead atoms. The number of nitrogens with zero attached hydrogens (tertiary/aromatic N) is 4. The molecular weight excluding hydrogens is 512 g/mol. The molecule has 0 saturated carbocycles. The molecule has 3 heterocycles. The topological polar surface area (TPSA) is 56.4 Å². The summed E-state index contributed by atoms with van der Waals surface area (Å²) < 4.78 is 4.79. The molecule has 0 aliphatic heterocycles.